The Bertz CT molecular complexity index is 543. The van der Waals surface area contributed by atoms with Crippen LogP contribution in [0.5, 0.6) is 5.75 Å². The topological polar surface area (TPSA) is 34.1 Å². The maximum atomic E-state index is 5.20. The van der Waals surface area contributed by atoms with Crippen LogP contribution in [0.1, 0.15) is 11.3 Å². The van der Waals surface area contributed by atoms with Crippen molar-refractivity contribution >= 4 is 21.6 Å². The van der Waals surface area contributed by atoms with Crippen LogP contribution in [0, 0.1) is 6.92 Å². The zero-order valence-corrected chi connectivity index (χ0v) is 12.0. The van der Waals surface area contributed by atoms with E-state index < -0.39 is 0 Å². The van der Waals surface area contributed by atoms with Gasteiger partial charge >= 0.3 is 0 Å². The van der Waals surface area contributed by atoms with Gasteiger partial charge in [-0.15, -0.1) is 0 Å². The van der Waals surface area contributed by atoms with E-state index in [1.807, 2.05) is 37.3 Å². The Morgan fingerprint density at radius 3 is 2.83 bits per heavy atom. The highest BCUT2D eigenvalue weighted by molar-refractivity contribution is 9.10. The highest BCUT2D eigenvalue weighted by Gasteiger charge is 2.01. The molecule has 0 spiro atoms. The second kappa shape index (κ2) is 5.87. The summed E-state index contributed by atoms with van der Waals surface area (Å²) in [5.41, 5.74) is 3.20. The van der Waals surface area contributed by atoms with Crippen molar-refractivity contribution in [2.24, 2.45) is 0 Å². The van der Waals surface area contributed by atoms with Gasteiger partial charge in [-0.25, -0.2) is 4.98 Å². The number of nitrogens with zero attached hydrogens (tertiary/aromatic N) is 1. The van der Waals surface area contributed by atoms with Gasteiger partial charge in [0.05, 0.1) is 18.5 Å². The highest BCUT2D eigenvalue weighted by Crippen LogP contribution is 2.18. The molecule has 0 atom stereocenters. The van der Waals surface area contributed by atoms with Crippen LogP contribution in [0.4, 0.5) is 5.69 Å². The lowest BCUT2D eigenvalue weighted by Gasteiger charge is -2.10. The van der Waals surface area contributed by atoms with E-state index in [9.17, 15) is 0 Å². The van der Waals surface area contributed by atoms with Crippen molar-refractivity contribution in [2.45, 2.75) is 13.5 Å². The van der Waals surface area contributed by atoms with E-state index in [0.29, 0.717) is 0 Å². The van der Waals surface area contributed by atoms with Gasteiger partial charge in [0.1, 0.15) is 10.4 Å². The summed E-state index contributed by atoms with van der Waals surface area (Å²) in [6, 6.07) is 12.0. The van der Waals surface area contributed by atoms with Gasteiger partial charge in [0, 0.05) is 6.54 Å². The minimum absolute atomic E-state index is 0.751. The average molecular weight is 307 g/mol. The van der Waals surface area contributed by atoms with E-state index >= 15 is 0 Å². The van der Waals surface area contributed by atoms with Gasteiger partial charge in [-0.3, -0.25) is 0 Å². The zero-order valence-electron chi connectivity index (χ0n) is 10.4. The molecule has 0 aliphatic carbocycles. The lowest BCUT2D eigenvalue weighted by molar-refractivity contribution is 0.414. The molecule has 4 heteroatoms. The van der Waals surface area contributed by atoms with E-state index in [4.69, 9.17) is 4.74 Å². The molecule has 0 aliphatic rings. The fourth-order valence-corrected chi connectivity index (χ4v) is 2.10. The third-order valence-corrected chi connectivity index (χ3v) is 3.11. The minimum Gasteiger partial charge on any atom is -0.497 e. The first-order valence-electron chi connectivity index (χ1n) is 5.69. The van der Waals surface area contributed by atoms with Crippen LogP contribution in [-0.4, -0.2) is 12.1 Å². The van der Waals surface area contributed by atoms with Crippen molar-refractivity contribution in [1.29, 1.82) is 0 Å². The van der Waals surface area contributed by atoms with Crippen LogP contribution in [0.15, 0.2) is 41.0 Å². The smallest absolute Gasteiger partial charge is 0.119 e. The van der Waals surface area contributed by atoms with E-state index in [1.165, 1.54) is 5.56 Å². The third-order valence-electron chi connectivity index (χ3n) is 2.67. The van der Waals surface area contributed by atoms with Gasteiger partial charge in [0.2, 0.25) is 0 Å². The molecule has 0 saturated carbocycles. The standard InChI is InChI=1S/C14H15BrN2O/c1-10-13(6-7-14(15)17-10)16-9-11-4-3-5-12(8-11)18-2/h3-8,16H,9H2,1-2H3. The van der Waals surface area contributed by atoms with Crippen LogP contribution < -0.4 is 10.1 Å². The summed E-state index contributed by atoms with van der Waals surface area (Å²) < 4.78 is 6.05. The van der Waals surface area contributed by atoms with Crippen LogP contribution in [0.2, 0.25) is 0 Å². The van der Waals surface area contributed by atoms with Crippen molar-refractivity contribution in [2.75, 3.05) is 12.4 Å². The molecule has 2 aromatic rings. The predicted octanol–water partition coefficient (Wildman–Crippen LogP) is 3.77. The molecule has 18 heavy (non-hydrogen) atoms. The quantitative estimate of drug-likeness (QED) is 0.873. The number of aryl methyl sites for hydroxylation is 1. The summed E-state index contributed by atoms with van der Waals surface area (Å²) in [4.78, 5) is 4.35. The van der Waals surface area contributed by atoms with Crippen molar-refractivity contribution < 1.29 is 4.74 Å². The number of rotatable bonds is 4. The number of ether oxygens (including phenoxy) is 1. The average Bonchev–Trinajstić information content (AvgIpc) is 2.38. The first kappa shape index (κ1) is 12.9. The molecule has 3 nitrogen and oxygen atoms in total. The predicted molar refractivity (Wildman–Crippen MR) is 77.0 cm³/mol. The third kappa shape index (κ3) is 3.23. The molecular formula is C14H15BrN2O. The first-order chi connectivity index (χ1) is 8.69. The molecule has 94 valence electrons. The number of aromatic nitrogens is 1. The highest BCUT2D eigenvalue weighted by atomic mass is 79.9. The van der Waals surface area contributed by atoms with Crippen molar-refractivity contribution in [1.82, 2.24) is 4.98 Å². The van der Waals surface area contributed by atoms with Gasteiger partial charge < -0.3 is 10.1 Å². The Hall–Kier alpha value is -1.55. The van der Waals surface area contributed by atoms with E-state index in [1.54, 1.807) is 7.11 Å². The molecule has 0 fully saturated rings. The number of halogens is 1. The summed E-state index contributed by atoms with van der Waals surface area (Å²) in [6.07, 6.45) is 0. The summed E-state index contributed by atoms with van der Waals surface area (Å²) in [6.45, 7) is 2.74. The number of anilines is 1. The number of hydrogen-bond donors (Lipinski definition) is 1. The van der Waals surface area contributed by atoms with Crippen molar-refractivity contribution in [3.05, 3.63) is 52.3 Å². The Morgan fingerprint density at radius 1 is 1.28 bits per heavy atom. The largest absolute Gasteiger partial charge is 0.497 e. The molecule has 0 bridgehead atoms. The molecule has 0 unspecified atom stereocenters. The molecule has 0 amide bonds. The van der Waals surface area contributed by atoms with E-state index in [0.717, 1.165) is 28.3 Å². The molecule has 1 heterocycles. The van der Waals surface area contributed by atoms with Crippen molar-refractivity contribution in [3.63, 3.8) is 0 Å². The molecule has 1 aromatic carbocycles. The minimum atomic E-state index is 0.751. The van der Waals surface area contributed by atoms with Gasteiger partial charge in [-0.1, -0.05) is 12.1 Å². The molecule has 0 saturated heterocycles. The van der Waals surface area contributed by atoms with E-state index in [2.05, 4.69) is 32.3 Å². The molecule has 2 rings (SSSR count). The van der Waals surface area contributed by atoms with Crippen LogP contribution >= 0.6 is 15.9 Å². The second-order valence-corrected chi connectivity index (χ2v) is 4.78. The van der Waals surface area contributed by atoms with Gasteiger partial charge in [0.15, 0.2) is 0 Å². The molecular weight excluding hydrogens is 292 g/mol. The maximum absolute atomic E-state index is 5.20. The number of nitrogens with one attached hydrogen (secondary N) is 1. The van der Waals surface area contributed by atoms with Gasteiger partial charge in [-0.2, -0.15) is 0 Å². The Kier molecular flexibility index (Phi) is 4.20. The lowest BCUT2D eigenvalue weighted by atomic mass is 10.2. The second-order valence-electron chi connectivity index (χ2n) is 3.97. The fourth-order valence-electron chi connectivity index (χ4n) is 1.70. The summed E-state index contributed by atoms with van der Waals surface area (Å²) in [7, 11) is 1.68. The SMILES string of the molecule is COc1cccc(CNc2ccc(Br)nc2C)c1. The summed E-state index contributed by atoms with van der Waals surface area (Å²) in [5.74, 6) is 0.875. The first-order valence-corrected chi connectivity index (χ1v) is 6.48. The van der Waals surface area contributed by atoms with Crippen molar-refractivity contribution in [3.8, 4) is 5.75 Å². The maximum Gasteiger partial charge on any atom is 0.119 e. The fraction of sp³-hybridized carbons (Fsp3) is 0.214. The molecule has 1 N–H and O–H groups in total. The Morgan fingerprint density at radius 2 is 2.11 bits per heavy atom. The van der Waals surface area contributed by atoms with Gasteiger partial charge in [0.25, 0.3) is 0 Å². The van der Waals surface area contributed by atoms with E-state index in [-0.39, 0.29) is 0 Å². The molecule has 1 aromatic heterocycles. The number of hydrogen-bond acceptors (Lipinski definition) is 3. The molecule has 0 aliphatic heterocycles. The number of methoxy groups -OCH3 is 1. The normalized spacial score (nSPS) is 10.2. The summed E-state index contributed by atoms with van der Waals surface area (Å²) in [5, 5.41) is 3.37. The Balaban J connectivity index is 2.06. The van der Waals surface area contributed by atoms with Crippen LogP contribution in [0.3, 0.4) is 0 Å². The monoisotopic (exact) mass is 306 g/mol. The number of pyridine rings is 1. The van der Waals surface area contributed by atoms with Gasteiger partial charge in [-0.05, 0) is 52.7 Å². The summed E-state index contributed by atoms with van der Waals surface area (Å²) >= 11 is 3.36. The lowest BCUT2D eigenvalue weighted by Crippen LogP contribution is -2.02. The molecule has 0 radical (unpaired) electrons. The zero-order chi connectivity index (χ0) is 13.0. The Labute approximate surface area is 115 Å². The van der Waals surface area contributed by atoms with Crippen LogP contribution in [-0.2, 0) is 6.54 Å². The number of benzene rings is 1. The van der Waals surface area contributed by atoms with Crippen LogP contribution in [0.25, 0.3) is 0 Å².